The summed E-state index contributed by atoms with van der Waals surface area (Å²) >= 11 is 0. The normalized spacial score (nSPS) is 15.6. The Balaban J connectivity index is 2.41. The Kier molecular flexibility index (Phi) is 4.57. The van der Waals surface area contributed by atoms with Crippen LogP contribution in [0, 0.1) is 0 Å². The minimum Gasteiger partial charge on any atom is -0.391 e. The maximum absolute atomic E-state index is 10.1. The monoisotopic (exact) mass is 289 g/mol. The van der Waals surface area contributed by atoms with Gasteiger partial charge in [0.25, 0.3) is 0 Å². The second-order valence-corrected chi connectivity index (χ2v) is 5.62. The first-order valence-corrected chi connectivity index (χ1v) is 7.31. The third kappa shape index (κ3) is 3.39. The van der Waals surface area contributed by atoms with E-state index < -0.39 is 11.6 Å². The van der Waals surface area contributed by atoms with Crippen LogP contribution in [-0.2, 0) is 0 Å². The van der Waals surface area contributed by atoms with Crippen molar-refractivity contribution in [2.24, 2.45) is 0 Å². The van der Waals surface area contributed by atoms with Gasteiger partial charge in [-0.3, -0.25) is 4.98 Å². The number of nitrogen functional groups attached to an aromatic ring is 1. The number of aliphatic hydroxyl groups excluding tert-OH is 1. The lowest BCUT2D eigenvalue weighted by Crippen LogP contribution is -2.45. The molecule has 0 aromatic carbocycles. The summed E-state index contributed by atoms with van der Waals surface area (Å²) in [4.78, 5) is 12.8. The molecule has 0 spiro atoms. The molecule has 0 aliphatic heterocycles. The number of hydrogen-bond acceptors (Lipinski definition) is 6. The van der Waals surface area contributed by atoms with E-state index in [9.17, 15) is 5.11 Å². The number of unbranched alkanes of at least 4 members (excludes halogenated alkanes) is 1. The van der Waals surface area contributed by atoms with E-state index >= 15 is 0 Å². The van der Waals surface area contributed by atoms with Crippen LogP contribution in [0.15, 0.2) is 18.3 Å². The molecule has 0 unspecified atom stereocenters. The van der Waals surface area contributed by atoms with Gasteiger partial charge in [0.05, 0.1) is 17.2 Å². The Morgan fingerprint density at radius 3 is 2.86 bits per heavy atom. The molecule has 6 nitrogen and oxygen atoms in total. The second kappa shape index (κ2) is 6.22. The first-order valence-electron chi connectivity index (χ1n) is 7.31. The first kappa shape index (κ1) is 15.4. The minimum absolute atomic E-state index is 0.196. The molecule has 21 heavy (non-hydrogen) atoms. The molecule has 4 N–H and O–H groups in total. The molecule has 0 aliphatic carbocycles. The van der Waals surface area contributed by atoms with Crippen LogP contribution >= 0.6 is 0 Å². The summed E-state index contributed by atoms with van der Waals surface area (Å²) in [7, 11) is 0. The second-order valence-electron chi connectivity index (χ2n) is 5.62. The summed E-state index contributed by atoms with van der Waals surface area (Å²) in [5.41, 5.74) is 6.64. The van der Waals surface area contributed by atoms with Gasteiger partial charge >= 0.3 is 0 Å². The van der Waals surface area contributed by atoms with Crippen LogP contribution in [-0.4, -0.2) is 31.7 Å². The number of aromatic nitrogens is 3. The van der Waals surface area contributed by atoms with Gasteiger partial charge in [0.15, 0.2) is 5.82 Å². The lowest BCUT2D eigenvalue weighted by Gasteiger charge is -2.34. The van der Waals surface area contributed by atoms with E-state index in [0.29, 0.717) is 16.9 Å². The lowest BCUT2D eigenvalue weighted by molar-refractivity contribution is 0.116. The van der Waals surface area contributed by atoms with E-state index in [4.69, 9.17) is 5.73 Å². The van der Waals surface area contributed by atoms with Gasteiger partial charge < -0.3 is 16.2 Å². The molecule has 0 saturated heterocycles. The summed E-state index contributed by atoms with van der Waals surface area (Å²) in [5.74, 6) is 0.763. The van der Waals surface area contributed by atoms with E-state index in [0.717, 1.165) is 19.3 Å². The molecule has 2 heterocycles. The van der Waals surface area contributed by atoms with Crippen LogP contribution in [0.3, 0.4) is 0 Å². The average molecular weight is 289 g/mol. The number of rotatable bonds is 6. The van der Waals surface area contributed by atoms with E-state index in [2.05, 4.69) is 27.2 Å². The molecule has 6 heteroatoms. The molecular weight excluding hydrogens is 266 g/mol. The SMILES string of the molecule is CCCC[C@](C)(Nc1nc(N)nc2cccnc12)[C@H](C)O. The first-order chi connectivity index (χ1) is 9.96. The lowest BCUT2D eigenvalue weighted by atomic mass is 9.89. The highest BCUT2D eigenvalue weighted by Crippen LogP contribution is 2.27. The molecule has 0 aliphatic rings. The van der Waals surface area contributed by atoms with Crippen molar-refractivity contribution in [2.45, 2.75) is 51.7 Å². The van der Waals surface area contributed by atoms with Crippen LogP contribution < -0.4 is 11.1 Å². The van der Waals surface area contributed by atoms with Crippen molar-refractivity contribution in [3.8, 4) is 0 Å². The fourth-order valence-electron chi connectivity index (χ4n) is 2.26. The highest BCUT2D eigenvalue weighted by molar-refractivity contribution is 5.86. The van der Waals surface area contributed by atoms with Gasteiger partial charge in [-0.05, 0) is 32.4 Å². The molecule has 0 fully saturated rings. The van der Waals surface area contributed by atoms with Gasteiger partial charge in [0.2, 0.25) is 5.95 Å². The zero-order chi connectivity index (χ0) is 15.5. The maximum Gasteiger partial charge on any atom is 0.222 e. The number of nitrogens with two attached hydrogens (primary N) is 1. The van der Waals surface area contributed by atoms with Crippen molar-refractivity contribution in [1.82, 2.24) is 15.0 Å². The highest BCUT2D eigenvalue weighted by atomic mass is 16.3. The van der Waals surface area contributed by atoms with Crippen molar-refractivity contribution >= 4 is 22.8 Å². The zero-order valence-corrected chi connectivity index (χ0v) is 12.8. The molecule has 2 rings (SSSR count). The number of nitrogens with zero attached hydrogens (tertiary/aromatic N) is 3. The molecule has 2 atom stereocenters. The fraction of sp³-hybridized carbons (Fsp3) is 0.533. The summed E-state index contributed by atoms with van der Waals surface area (Å²) in [6.07, 6.45) is 4.08. The van der Waals surface area contributed by atoms with Gasteiger partial charge in [-0.1, -0.05) is 19.8 Å². The van der Waals surface area contributed by atoms with Crippen LogP contribution in [0.25, 0.3) is 11.0 Å². The highest BCUT2D eigenvalue weighted by Gasteiger charge is 2.30. The Morgan fingerprint density at radius 1 is 1.43 bits per heavy atom. The predicted molar refractivity (Wildman–Crippen MR) is 85.0 cm³/mol. The van der Waals surface area contributed by atoms with Crippen LogP contribution in [0.2, 0.25) is 0 Å². The Bertz CT molecular complexity index is 616. The molecule has 2 aromatic rings. The average Bonchev–Trinajstić information content (AvgIpc) is 2.44. The van der Waals surface area contributed by atoms with E-state index in [1.165, 1.54) is 0 Å². The van der Waals surface area contributed by atoms with Gasteiger partial charge in [0.1, 0.15) is 5.52 Å². The minimum atomic E-state index is -0.529. The fourth-order valence-corrected chi connectivity index (χ4v) is 2.26. The third-order valence-electron chi connectivity index (χ3n) is 3.85. The van der Waals surface area contributed by atoms with E-state index in [1.54, 1.807) is 13.1 Å². The number of aliphatic hydroxyl groups is 1. The topological polar surface area (TPSA) is 97.0 Å². The molecular formula is C15H23N5O. The third-order valence-corrected chi connectivity index (χ3v) is 3.85. The van der Waals surface area contributed by atoms with Crippen molar-refractivity contribution in [2.75, 3.05) is 11.1 Å². The molecule has 2 aromatic heterocycles. The molecule has 0 bridgehead atoms. The Morgan fingerprint density at radius 2 is 2.19 bits per heavy atom. The van der Waals surface area contributed by atoms with Gasteiger partial charge in [0, 0.05) is 6.20 Å². The van der Waals surface area contributed by atoms with Crippen molar-refractivity contribution < 1.29 is 5.11 Å². The number of anilines is 2. The largest absolute Gasteiger partial charge is 0.391 e. The summed E-state index contributed by atoms with van der Waals surface area (Å²) in [6, 6.07) is 3.65. The van der Waals surface area contributed by atoms with Crippen molar-refractivity contribution in [3.63, 3.8) is 0 Å². The zero-order valence-electron chi connectivity index (χ0n) is 12.8. The smallest absolute Gasteiger partial charge is 0.222 e. The summed E-state index contributed by atoms with van der Waals surface area (Å²) < 4.78 is 0. The molecule has 0 saturated carbocycles. The standard InChI is InChI=1S/C15H23N5O/c1-4-5-8-15(3,10(2)21)20-13-12-11(7-6-9-17-12)18-14(16)19-13/h6-7,9-10,21H,4-5,8H2,1-3H3,(H3,16,18,19,20)/t10-,15-/m0/s1. The number of pyridine rings is 1. The predicted octanol–water partition coefficient (Wildman–Crippen LogP) is 2.35. The van der Waals surface area contributed by atoms with E-state index in [-0.39, 0.29) is 5.95 Å². The number of fused-ring (bicyclic) bond motifs is 1. The van der Waals surface area contributed by atoms with Crippen LogP contribution in [0.5, 0.6) is 0 Å². The van der Waals surface area contributed by atoms with Crippen LogP contribution in [0.1, 0.15) is 40.0 Å². The van der Waals surface area contributed by atoms with E-state index in [1.807, 2.05) is 19.1 Å². The van der Waals surface area contributed by atoms with Crippen molar-refractivity contribution in [1.29, 1.82) is 0 Å². The molecule has 0 radical (unpaired) electrons. The Labute approximate surface area is 124 Å². The van der Waals surface area contributed by atoms with Gasteiger partial charge in [-0.15, -0.1) is 0 Å². The van der Waals surface area contributed by atoms with Crippen molar-refractivity contribution in [3.05, 3.63) is 18.3 Å². The van der Waals surface area contributed by atoms with Crippen LogP contribution in [0.4, 0.5) is 11.8 Å². The quantitative estimate of drug-likeness (QED) is 0.755. The number of hydrogen-bond donors (Lipinski definition) is 3. The maximum atomic E-state index is 10.1. The van der Waals surface area contributed by atoms with Gasteiger partial charge in [-0.25, -0.2) is 4.98 Å². The summed E-state index contributed by atoms with van der Waals surface area (Å²) in [5, 5.41) is 13.5. The molecule has 114 valence electrons. The van der Waals surface area contributed by atoms with Gasteiger partial charge in [-0.2, -0.15) is 4.98 Å². The Hall–Kier alpha value is -1.95. The molecule has 0 amide bonds. The number of nitrogens with one attached hydrogen (secondary N) is 1. The summed E-state index contributed by atoms with van der Waals surface area (Å²) in [6.45, 7) is 5.89.